The Kier molecular flexibility index (Phi) is 4.21. The first-order chi connectivity index (χ1) is 7.20. The van der Waals surface area contributed by atoms with E-state index in [9.17, 15) is 13.6 Å². The second-order valence-electron chi connectivity index (χ2n) is 3.10. The van der Waals surface area contributed by atoms with Gasteiger partial charge in [0.25, 0.3) is 0 Å². The van der Waals surface area contributed by atoms with Gasteiger partial charge in [-0.25, -0.2) is 4.39 Å². The third-order valence-corrected chi connectivity index (χ3v) is 1.96. The van der Waals surface area contributed by atoms with Gasteiger partial charge < -0.3 is 4.74 Å². The lowest BCUT2D eigenvalue weighted by molar-refractivity contribution is 0.111. The van der Waals surface area contributed by atoms with Crippen molar-refractivity contribution in [1.29, 1.82) is 0 Å². The van der Waals surface area contributed by atoms with Gasteiger partial charge >= 0.3 is 0 Å². The van der Waals surface area contributed by atoms with E-state index in [0.717, 1.165) is 12.8 Å². The summed E-state index contributed by atoms with van der Waals surface area (Å²) in [5.41, 5.74) is -0.296. The fraction of sp³-hybridized carbons (Fsp3) is 0.364. The van der Waals surface area contributed by atoms with Crippen LogP contribution in [0.15, 0.2) is 12.1 Å². The molecular formula is C11H12F2O2. The number of carbonyl (C=O) groups is 1. The maximum atomic E-state index is 13.2. The molecule has 0 radical (unpaired) electrons. The van der Waals surface area contributed by atoms with E-state index >= 15 is 0 Å². The first-order valence-electron chi connectivity index (χ1n) is 4.76. The Balaban J connectivity index is 2.82. The van der Waals surface area contributed by atoms with Crippen LogP contribution in [0.25, 0.3) is 0 Å². The van der Waals surface area contributed by atoms with Crippen LogP contribution in [0.4, 0.5) is 8.78 Å². The standard InChI is InChI=1S/C11H12F2O2/c1-2-3-6-15-9-5-4-8(7-14)10(12)11(9)13/h4-5,7H,2-3,6H2,1H3. The van der Waals surface area contributed by atoms with E-state index in [-0.39, 0.29) is 17.6 Å². The predicted molar refractivity (Wildman–Crippen MR) is 52.1 cm³/mol. The van der Waals surface area contributed by atoms with E-state index in [1.807, 2.05) is 6.92 Å². The quantitative estimate of drug-likeness (QED) is 0.556. The van der Waals surface area contributed by atoms with Gasteiger partial charge in [-0.2, -0.15) is 4.39 Å². The van der Waals surface area contributed by atoms with Crippen molar-refractivity contribution in [2.45, 2.75) is 19.8 Å². The molecule has 0 N–H and O–H groups in total. The van der Waals surface area contributed by atoms with Gasteiger partial charge in [0.05, 0.1) is 12.2 Å². The third kappa shape index (κ3) is 2.75. The summed E-state index contributed by atoms with van der Waals surface area (Å²) >= 11 is 0. The number of hydrogen-bond acceptors (Lipinski definition) is 2. The molecule has 0 saturated heterocycles. The highest BCUT2D eigenvalue weighted by atomic mass is 19.2. The van der Waals surface area contributed by atoms with E-state index in [2.05, 4.69) is 0 Å². The number of carbonyl (C=O) groups excluding carboxylic acids is 1. The second kappa shape index (κ2) is 5.44. The van der Waals surface area contributed by atoms with Crippen molar-refractivity contribution in [3.63, 3.8) is 0 Å². The largest absolute Gasteiger partial charge is 0.490 e. The van der Waals surface area contributed by atoms with Crippen LogP contribution in [0.1, 0.15) is 30.1 Å². The van der Waals surface area contributed by atoms with Crippen LogP contribution in [0, 0.1) is 11.6 Å². The molecule has 0 saturated carbocycles. The molecule has 82 valence electrons. The van der Waals surface area contributed by atoms with Crippen LogP contribution in [0.3, 0.4) is 0 Å². The van der Waals surface area contributed by atoms with E-state index in [0.29, 0.717) is 6.61 Å². The molecule has 0 unspecified atom stereocenters. The summed E-state index contributed by atoms with van der Waals surface area (Å²) < 4.78 is 31.3. The highest BCUT2D eigenvalue weighted by Crippen LogP contribution is 2.21. The van der Waals surface area contributed by atoms with Crippen molar-refractivity contribution in [3.05, 3.63) is 29.3 Å². The lowest BCUT2D eigenvalue weighted by Crippen LogP contribution is -2.02. The fourth-order valence-electron chi connectivity index (χ4n) is 1.08. The van der Waals surface area contributed by atoms with Crippen LogP contribution >= 0.6 is 0 Å². The molecule has 2 nitrogen and oxygen atoms in total. The summed E-state index contributed by atoms with van der Waals surface area (Å²) in [6.45, 7) is 2.31. The average Bonchev–Trinajstić information content (AvgIpc) is 2.25. The minimum absolute atomic E-state index is 0.147. The van der Waals surface area contributed by atoms with Crippen LogP contribution < -0.4 is 4.74 Å². The summed E-state index contributed by atoms with van der Waals surface area (Å²) in [7, 11) is 0. The van der Waals surface area contributed by atoms with Gasteiger partial charge in [0, 0.05) is 0 Å². The van der Waals surface area contributed by atoms with Gasteiger partial charge in [-0.1, -0.05) is 13.3 Å². The Morgan fingerprint density at radius 2 is 2.07 bits per heavy atom. The number of unbranched alkanes of at least 4 members (excludes halogenated alkanes) is 1. The molecule has 1 rings (SSSR count). The van der Waals surface area contributed by atoms with Crippen molar-refractivity contribution in [1.82, 2.24) is 0 Å². The van der Waals surface area contributed by atoms with Gasteiger partial charge in [-0.05, 0) is 18.6 Å². The Morgan fingerprint density at radius 3 is 2.67 bits per heavy atom. The van der Waals surface area contributed by atoms with Crippen molar-refractivity contribution in [3.8, 4) is 5.75 Å². The molecule has 0 aromatic heterocycles. The Bertz CT molecular complexity index is 351. The van der Waals surface area contributed by atoms with Crippen LogP contribution in [-0.4, -0.2) is 12.9 Å². The lowest BCUT2D eigenvalue weighted by Gasteiger charge is -2.07. The molecule has 0 heterocycles. The van der Waals surface area contributed by atoms with Crippen molar-refractivity contribution in [2.24, 2.45) is 0 Å². The van der Waals surface area contributed by atoms with E-state index in [1.54, 1.807) is 0 Å². The molecule has 1 aromatic carbocycles. The zero-order valence-electron chi connectivity index (χ0n) is 8.43. The zero-order chi connectivity index (χ0) is 11.3. The number of ether oxygens (including phenoxy) is 1. The number of halogens is 2. The molecule has 0 aliphatic rings. The molecule has 0 fully saturated rings. The number of hydrogen-bond donors (Lipinski definition) is 0. The summed E-state index contributed by atoms with van der Waals surface area (Å²) in [6, 6.07) is 2.46. The molecule has 1 aromatic rings. The third-order valence-electron chi connectivity index (χ3n) is 1.96. The molecule has 0 bridgehead atoms. The van der Waals surface area contributed by atoms with Crippen LogP contribution in [0.2, 0.25) is 0 Å². The van der Waals surface area contributed by atoms with E-state index in [4.69, 9.17) is 4.74 Å². The molecule has 0 spiro atoms. The zero-order valence-corrected chi connectivity index (χ0v) is 8.43. The minimum atomic E-state index is -1.15. The summed E-state index contributed by atoms with van der Waals surface area (Å²) in [5, 5.41) is 0. The second-order valence-corrected chi connectivity index (χ2v) is 3.10. The van der Waals surface area contributed by atoms with Crippen molar-refractivity contribution >= 4 is 6.29 Å². The highest BCUT2D eigenvalue weighted by Gasteiger charge is 2.13. The molecule has 4 heteroatoms. The van der Waals surface area contributed by atoms with Crippen LogP contribution in [0.5, 0.6) is 5.75 Å². The van der Waals surface area contributed by atoms with E-state index < -0.39 is 11.6 Å². The normalized spacial score (nSPS) is 10.1. The minimum Gasteiger partial charge on any atom is -0.490 e. The van der Waals surface area contributed by atoms with Gasteiger partial charge in [-0.15, -0.1) is 0 Å². The maximum absolute atomic E-state index is 13.2. The van der Waals surface area contributed by atoms with Crippen LogP contribution in [-0.2, 0) is 0 Å². The Morgan fingerprint density at radius 1 is 1.33 bits per heavy atom. The van der Waals surface area contributed by atoms with E-state index in [1.165, 1.54) is 12.1 Å². The summed E-state index contributed by atoms with van der Waals surface area (Å²) in [5.74, 6) is -2.40. The first kappa shape index (κ1) is 11.6. The van der Waals surface area contributed by atoms with Gasteiger partial charge in [0.15, 0.2) is 17.9 Å². The highest BCUT2D eigenvalue weighted by molar-refractivity contribution is 5.75. The average molecular weight is 214 g/mol. The van der Waals surface area contributed by atoms with Gasteiger partial charge in [0.1, 0.15) is 0 Å². The molecular weight excluding hydrogens is 202 g/mol. The Hall–Kier alpha value is -1.45. The monoisotopic (exact) mass is 214 g/mol. The Labute approximate surface area is 86.9 Å². The number of benzene rings is 1. The fourth-order valence-corrected chi connectivity index (χ4v) is 1.08. The van der Waals surface area contributed by atoms with Crippen molar-refractivity contribution in [2.75, 3.05) is 6.61 Å². The SMILES string of the molecule is CCCCOc1ccc(C=O)c(F)c1F. The summed E-state index contributed by atoms with van der Waals surface area (Å²) in [4.78, 5) is 10.3. The lowest BCUT2D eigenvalue weighted by atomic mass is 10.2. The molecule has 0 atom stereocenters. The smallest absolute Gasteiger partial charge is 0.201 e. The first-order valence-corrected chi connectivity index (χ1v) is 4.76. The molecule has 0 aliphatic carbocycles. The number of rotatable bonds is 5. The maximum Gasteiger partial charge on any atom is 0.201 e. The molecule has 0 amide bonds. The van der Waals surface area contributed by atoms with Gasteiger partial charge in [-0.3, -0.25) is 4.79 Å². The van der Waals surface area contributed by atoms with Gasteiger partial charge in [0.2, 0.25) is 5.82 Å². The predicted octanol–water partition coefficient (Wildman–Crippen LogP) is 2.96. The topological polar surface area (TPSA) is 26.3 Å². The molecule has 15 heavy (non-hydrogen) atoms. The van der Waals surface area contributed by atoms with Crippen molar-refractivity contribution < 1.29 is 18.3 Å². The molecule has 0 aliphatic heterocycles. The number of aldehydes is 1. The summed E-state index contributed by atoms with van der Waals surface area (Å²) in [6.07, 6.45) is 1.96.